The first-order valence-corrected chi connectivity index (χ1v) is 10.9. The number of carbonyl (C=O) groups is 1. The third-order valence-corrected chi connectivity index (χ3v) is 5.95. The van der Waals surface area contributed by atoms with E-state index in [9.17, 15) is 30.3 Å². The highest BCUT2D eigenvalue weighted by atomic mass is 16.4. The molecular formula is C28H32O6. The minimum Gasteiger partial charge on any atom is -0.394 e. The number of ketones is 1. The van der Waals surface area contributed by atoms with E-state index in [4.69, 9.17) is 4.11 Å². The highest BCUT2D eigenvalue weighted by molar-refractivity contribution is 5.87. The van der Waals surface area contributed by atoms with Crippen molar-refractivity contribution in [3.63, 3.8) is 0 Å². The van der Waals surface area contributed by atoms with Crippen LogP contribution in [0.1, 0.15) is 27.7 Å². The zero-order chi connectivity index (χ0) is 27.4. The largest absolute Gasteiger partial charge is 0.394 e. The van der Waals surface area contributed by atoms with Crippen molar-refractivity contribution in [3.8, 4) is 0 Å². The lowest BCUT2D eigenvalue weighted by molar-refractivity contribution is -0.269. The average Bonchev–Trinajstić information content (AvgIpc) is 2.95. The van der Waals surface area contributed by atoms with Crippen molar-refractivity contribution in [2.45, 2.75) is 49.0 Å². The van der Waals surface area contributed by atoms with Gasteiger partial charge in [-0.1, -0.05) is 91.0 Å². The molecule has 0 aliphatic rings. The van der Waals surface area contributed by atoms with Crippen LogP contribution in [0.15, 0.2) is 91.0 Å². The molecule has 6 nitrogen and oxygen atoms in total. The molecule has 7 atom stereocenters. The molecule has 3 aromatic rings. The van der Waals surface area contributed by atoms with Gasteiger partial charge in [-0.15, -0.1) is 0 Å². The van der Waals surface area contributed by atoms with Crippen molar-refractivity contribution in [3.05, 3.63) is 108 Å². The van der Waals surface area contributed by atoms with Gasteiger partial charge in [-0.3, -0.25) is 4.79 Å². The fourth-order valence-corrected chi connectivity index (χ4v) is 3.99. The van der Waals surface area contributed by atoms with E-state index in [-0.39, 0.29) is 16.7 Å². The number of aliphatic hydroxyl groups excluding tert-OH is 2. The Hall–Kier alpha value is -2.87. The highest BCUT2D eigenvalue weighted by Crippen LogP contribution is 2.43. The predicted molar refractivity (Wildman–Crippen MR) is 129 cm³/mol. The Morgan fingerprint density at radius 2 is 1.15 bits per heavy atom. The number of aliphatic hydroxyl groups is 5. The first-order valence-electron chi connectivity index (χ1n) is 12.6. The van der Waals surface area contributed by atoms with Crippen LogP contribution in [0, 0.1) is 0 Å². The van der Waals surface area contributed by atoms with Gasteiger partial charge in [0.05, 0.1) is 6.61 Å². The average molecular weight is 468 g/mol. The van der Waals surface area contributed by atoms with Gasteiger partial charge in [0.15, 0.2) is 11.4 Å². The van der Waals surface area contributed by atoms with E-state index in [0.717, 1.165) is 6.92 Å². The lowest BCUT2D eigenvalue weighted by Gasteiger charge is -2.53. The summed E-state index contributed by atoms with van der Waals surface area (Å²) in [6.45, 7) is -0.273. The van der Waals surface area contributed by atoms with Crippen molar-refractivity contribution < 1.29 is 34.4 Å². The van der Waals surface area contributed by atoms with Crippen LogP contribution in [-0.4, -0.2) is 60.8 Å². The number of Topliss-reactive ketones (excluding diaryl/α,β-unsaturated/α-hetero) is 1. The van der Waals surface area contributed by atoms with E-state index in [0.29, 0.717) is 0 Å². The molecule has 5 N–H and O–H groups in total. The first-order chi connectivity index (χ1) is 17.5. The Balaban J connectivity index is 2.42. The van der Waals surface area contributed by atoms with E-state index in [2.05, 4.69) is 0 Å². The monoisotopic (exact) mass is 467 g/mol. The molecule has 0 amide bonds. The maximum absolute atomic E-state index is 13.2. The molecule has 3 aromatic carbocycles. The lowest BCUT2D eigenvalue weighted by atomic mass is 9.60. The molecule has 0 radical (unpaired) electrons. The normalized spacial score (nSPS) is 21.8. The fourth-order valence-electron chi connectivity index (χ4n) is 3.99. The summed E-state index contributed by atoms with van der Waals surface area (Å²) in [5.41, 5.74) is -9.65. The molecule has 0 saturated heterocycles. The molecule has 0 fully saturated rings. The van der Waals surface area contributed by atoms with E-state index < -0.39 is 54.5 Å². The van der Waals surface area contributed by atoms with Gasteiger partial charge in [0.2, 0.25) is 0 Å². The SMILES string of the molecule is [2H]C(c1ccccc1)[C@@](O)([C@@](O)(C(C)=O)C([2H])c1ccccc1)[C@@](O)(C([2H])c1ccccc1)[C@H](O)CO. The van der Waals surface area contributed by atoms with Crippen LogP contribution in [0.5, 0.6) is 0 Å². The van der Waals surface area contributed by atoms with E-state index >= 15 is 0 Å². The second-order valence-electron chi connectivity index (χ2n) is 8.28. The van der Waals surface area contributed by atoms with Crippen molar-refractivity contribution in [1.29, 1.82) is 0 Å². The molecule has 0 heterocycles. The van der Waals surface area contributed by atoms with Crippen LogP contribution < -0.4 is 0 Å². The summed E-state index contributed by atoms with van der Waals surface area (Å²) < 4.78 is 26.9. The van der Waals surface area contributed by atoms with Gasteiger partial charge in [0.1, 0.15) is 17.3 Å². The second-order valence-corrected chi connectivity index (χ2v) is 8.28. The Bertz CT molecular complexity index is 1170. The van der Waals surface area contributed by atoms with Gasteiger partial charge in [0, 0.05) is 23.3 Å². The number of benzene rings is 3. The van der Waals surface area contributed by atoms with Gasteiger partial charge in [0.25, 0.3) is 0 Å². The van der Waals surface area contributed by atoms with E-state index in [1.807, 2.05) is 0 Å². The maximum atomic E-state index is 13.2. The maximum Gasteiger partial charge on any atom is 0.164 e. The van der Waals surface area contributed by atoms with Crippen molar-refractivity contribution in [1.82, 2.24) is 0 Å². The number of rotatable bonds is 11. The van der Waals surface area contributed by atoms with Crippen LogP contribution in [0.25, 0.3) is 0 Å². The molecule has 34 heavy (non-hydrogen) atoms. The zero-order valence-electron chi connectivity index (χ0n) is 21.8. The van der Waals surface area contributed by atoms with Crippen molar-refractivity contribution in [2.24, 2.45) is 0 Å². The summed E-state index contributed by atoms with van der Waals surface area (Å²) in [6.07, 6.45) is -8.27. The molecule has 0 saturated carbocycles. The molecule has 180 valence electrons. The van der Waals surface area contributed by atoms with Crippen LogP contribution in [0.3, 0.4) is 0 Å². The summed E-state index contributed by atoms with van der Waals surface area (Å²) in [5, 5.41) is 57.7. The molecular weight excluding hydrogens is 432 g/mol. The molecule has 0 bridgehead atoms. The molecule has 0 aliphatic heterocycles. The van der Waals surface area contributed by atoms with Crippen LogP contribution >= 0.6 is 0 Å². The molecule has 6 heteroatoms. The van der Waals surface area contributed by atoms with Crippen LogP contribution in [0.4, 0.5) is 0 Å². The van der Waals surface area contributed by atoms with Crippen molar-refractivity contribution in [2.75, 3.05) is 6.61 Å². The third-order valence-electron chi connectivity index (χ3n) is 5.95. The predicted octanol–water partition coefficient (Wildman–Crippen LogP) is 1.85. The lowest BCUT2D eigenvalue weighted by Crippen LogP contribution is -2.76. The summed E-state index contributed by atoms with van der Waals surface area (Å²) in [7, 11) is 0. The number of hydrogen-bond acceptors (Lipinski definition) is 6. The highest BCUT2D eigenvalue weighted by Gasteiger charge is 2.66. The van der Waals surface area contributed by atoms with E-state index in [1.54, 1.807) is 42.5 Å². The second kappa shape index (κ2) is 10.6. The molecule has 0 aromatic heterocycles. The van der Waals surface area contributed by atoms with Gasteiger partial charge >= 0.3 is 0 Å². The minimum atomic E-state index is -3.39. The Labute approximate surface area is 204 Å². The smallest absolute Gasteiger partial charge is 0.164 e. The zero-order valence-corrected chi connectivity index (χ0v) is 18.8. The quantitative estimate of drug-likeness (QED) is 0.294. The summed E-state index contributed by atoms with van der Waals surface area (Å²) >= 11 is 0. The van der Waals surface area contributed by atoms with Crippen LogP contribution in [0.2, 0.25) is 0 Å². The van der Waals surface area contributed by atoms with Gasteiger partial charge in [-0.25, -0.2) is 0 Å². The number of carbonyl (C=O) groups excluding carboxylic acids is 1. The fraction of sp³-hybridized carbons (Fsp3) is 0.321. The Kier molecular flexibility index (Phi) is 6.74. The van der Waals surface area contributed by atoms with E-state index in [1.165, 1.54) is 48.5 Å². The topological polar surface area (TPSA) is 118 Å². The first kappa shape index (κ1) is 21.6. The Morgan fingerprint density at radius 3 is 1.53 bits per heavy atom. The molecule has 3 rings (SSSR count). The molecule has 3 unspecified atom stereocenters. The number of hydrogen-bond donors (Lipinski definition) is 5. The van der Waals surface area contributed by atoms with Gasteiger partial charge in [-0.2, -0.15) is 0 Å². The molecule has 0 aliphatic carbocycles. The minimum absolute atomic E-state index is 0.0359. The Morgan fingerprint density at radius 1 is 0.765 bits per heavy atom. The van der Waals surface area contributed by atoms with Gasteiger partial charge < -0.3 is 25.5 Å². The van der Waals surface area contributed by atoms with Crippen LogP contribution in [-0.2, 0) is 24.0 Å². The summed E-state index contributed by atoms with van der Waals surface area (Å²) in [5.74, 6) is -1.17. The van der Waals surface area contributed by atoms with Gasteiger partial charge in [-0.05, 0) is 23.6 Å². The summed E-state index contributed by atoms with van der Waals surface area (Å²) in [6, 6.07) is 22.8. The standard InChI is InChI=1S/C28H32O6/c1-21(30)26(32,17-22-11-5-2-6-12-22)28(34,19-24-15-9-4-10-16-24)27(33,25(31)20-29)18-23-13-7-3-8-14-23/h2-16,25,29,31-34H,17-20H2,1H3/t25-,26+,27-,28-/m1/s1/i17D,18D,19D/t17?,18?,19?,25-,26+,27-,28-. The summed E-state index contributed by atoms with van der Waals surface area (Å²) in [4.78, 5) is 13.2. The van der Waals surface area contributed by atoms with Crippen molar-refractivity contribution >= 4 is 5.78 Å². The third kappa shape index (κ3) is 4.97. The molecule has 0 spiro atoms.